The zero-order chi connectivity index (χ0) is 12.6. The number of amides is 1. The molecular formula is C11H11Cl2F2NO2. The van der Waals surface area contributed by atoms with Crippen LogP contribution in [0.25, 0.3) is 0 Å². The smallest absolute Gasteiger partial charge is 0.408 e. The summed E-state index contributed by atoms with van der Waals surface area (Å²) in [6, 6.07) is 3.21. The SMILES string of the molecule is Cc1cc(Cl)ccc1[C@H]1NC(=O)OCC1(F)F.Cl. The van der Waals surface area contributed by atoms with Crippen LogP contribution < -0.4 is 5.32 Å². The predicted octanol–water partition coefficient (Wildman–Crippen LogP) is 3.49. The number of rotatable bonds is 1. The van der Waals surface area contributed by atoms with Crippen LogP contribution in [0.3, 0.4) is 0 Å². The summed E-state index contributed by atoms with van der Waals surface area (Å²) in [6.45, 7) is 0.754. The summed E-state index contributed by atoms with van der Waals surface area (Å²) in [5.41, 5.74) is 0.945. The molecule has 0 bridgehead atoms. The predicted molar refractivity (Wildman–Crippen MR) is 65.6 cm³/mol. The number of hydrogen-bond acceptors (Lipinski definition) is 2. The standard InChI is InChI=1S/C11H10ClF2NO2.ClH/c1-6-4-7(12)2-3-8(6)9-11(13,14)5-17-10(16)15-9;/h2-4,9H,5H2,1H3,(H,15,16);1H/t9-;/m1./s1. The lowest BCUT2D eigenvalue weighted by molar-refractivity contribution is -0.104. The van der Waals surface area contributed by atoms with E-state index in [-0.39, 0.29) is 12.4 Å². The number of cyclic esters (lactones) is 1. The quantitative estimate of drug-likeness (QED) is 0.862. The Hall–Kier alpha value is -1.07. The fourth-order valence-electron chi connectivity index (χ4n) is 1.78. The number of benzene rings is 1. The molecule has 1 amide bonds. The minimum atomic E-state index is -3.13. The van der Waals surface area contributed by atoms with Crippen LogP contribution in [0.2, 0.25) is 5.02 Å². The van der Waals surface area contributed by atoms with Gasteiger partial charge in [-0.2, -0.15) is 0 Å². The van der Waals surface area contributed by atoms with Gasteiger partial charge in [0.05, 0.1) is 0 Å². The molecule has 1 aliphatic rings. The van der Waals surface area contributed by atoms with Gasteiger partial charge in [0, 0.05) is 5.02 Å². The molecule has 1 atom stereocenters. The Labute approximate surface area is 114 Å². The lowest BCUT2D eigenvalue weighted by Gasteiger charge is -2.32. The molecule has 1 heterocycles. The maximum atomic E-state index is 13.6. The number of ether oxygens (including phenoxy) is 1. The van der Waals surface area contributed by atoms with Gasteiger partial charge in [-0.1, -0.05) is 17.7 Å². The number of carbonyl (C=O) groups excluding carboxylic acids is 1. The third-order valence-corrected chi connectivity index (χ3v) is 2.86. The van der Waals surface area contributed by atoms with Gasteiger partial charge in [-0.05, 0) is 30.2 Å². The van der Waals surface area contributed by atoms with Crippen molar-refractivity contribution in [1.29, 1.82) is 0 Å². The molecule has 3 nitrogen and oxygen atoms in total. The van der Waals surface area contributed by atoms with Gasteiger partial charge in [0.15, 0.2) is 6.61 Å². The molecule has 18 heavy (non-hydrogen) atoms. The van der Waals surface area contributed by atoms with E-state index in [9.17, 15) is 13.6 Å². The lowest BCUT2D eigenvalue weighted by atomic mass is 9.96. The Bertz CT molecular complexity index is 468. The van der Waals surface area contributed by atoms with Crippen molar-refractivity contribution in [3.8, 4) is 0 Å². The molecule has 1 aromatic rings. The van der Waals surface area contributed by atoms with Crippen LogP contribution in [-0.4, -0.2) is 18.6 Å². The third-order valence-electron chi connectivity index (χ3n) is 2.62. The van der Waals surface area contributed by atoms with Crippen molar-refractivity contribution in [2.75, 3.05) is 6.61 Å². The van der Waals surface area contributed by atoms with E-state index in [0.29, 0.717) is 16.1 Å². The molecule has 0 radical (unpaired) electrons. The first kappa shape index (κ1) is 15.0. The van der Waals surface area contributed by atoms with Gasteiger partial charge in [0.25, 0.3) is 0 Å². The molecule has 2 rings (SSSR count). The zero-order valence-corrected chi connectivity index (χ0v) is 10.9. The van der Waals surface area contributed by atoms with E-state index in [4.69, 9.17) is 11.6 Å². The van der Waals surface area contributed by atoms with Gasteiger partial charge in [-0.15, -0.1) is 12.4 Å². The molecule has 0 spiro atoms. The second-order valence-corrected chi connectivity index (χ2v) is 4.35. The highest BCUT2D eigenvalue weighted by atomic mass is 35.5. The number of hydrogen-bond donors (Lipinski definition) is 1. The number of alkyl carbamates (subject to hydrolysis) is 1. The van der Waals surface area contributed by atoms with Crippen LogP contribution in [0.1, 0.15) is 17.2 Å². The van der Waals surface area contributed by atoms with Crippen LogP contribution in [0.15, 0.2) is 18.2 Å². The van der Waals surface area contributed by atoms with Crippen LogP contribution in [0, 0.1) is 6.92 Å². The number of halogens is 4. The van der Waals surface area contributed by atoms with Crippen LogP contribution in [-0.2, 0) is 4.74 Å². The Kier molecular flexibility index (Phi) is 4.40. The number of carbonyl (C=O) groups is 1. The molecule has 0 unspecified atom stereocenters. The van der Waals surface area contributed by atoms with Crippen LogP contribution in [0.4, 0.5) is 13.6 Å². The lowest BCUT2D eigenvalue weighted by Crippen LogP contribution is -2.49. The first-order valence-corrected chi connectivity index (χ1v) is 5.35. The molecule has 0 aromatic heterocycles. The summed E-state index contributed by atoms with van der Waals surface area (Å²) in [4.78, 5) is 11.0. The van der Waals surface area contributed by atoms with Crippen LogP contribution >= 0.6 is 24.0 Å². The van der Waals surface area contributed by atoms with Crippen molar-refractivity contribution in [3.63, 3.8) is 0 Å². The second-order valence-electron chi connectivity index (χ2n) is 3.92. The van der Waals surface area contributed by atoms with E-state index in [0.717, 1.165) is 0 Å². The number of alkyl halides is 2. The highest BCUT2D eigenvalue weighted by molar-refractivity contribution is 6.30. The summed E-state index contributed by atoms with van der Waals surface area (Å²) < 4.78 is 31.6. The summed E-state index contributed by atoms with van der Waals surface area (Å²) >= 11 is 5.76. The average Bonchev–Trinajstić information content (AvgIpc) is 2.23. The average molecular weight is 298 g/mol. The van der Waals surface area contributed by atoms with Crippen molar-refractivity contribution >= 4 is 30.1 Å². The van der Waals surface area contributed by atoms with Crippen molar-refractivity contribution < 1.29 is 18.3 Å². The molecule has 0 aliphatic carbocycles. The van der Waals surface area contributed by atoms with E-state index < -0.39 is 24.7 Å². The van der Waals surface area contributed by atoms with Gasteiger partial charge in [-0.3, -0.25) is 0 Å². The van der Waals surface area contributed by atoms with Gasteiger partial charge in [0.2, 0.25) is 0 Å². The van der Waals surface area contributed by atoms with Gasteiger partial charge >= 0.3 is 12.0 Å². The summed E-state index contributed by atoms with van der Waals surface area (Å²) in [6.07, 6.45) is -0.838. The molecule has 1 aliphatic heterocycles. The Morgan fingerprint density at radius 2 is 2.17 bits per heavy atom. The maximum absolute atomic E-state index is 13.6. The van der Waals surface area contributed by atoms with Crippen molar-refractivity contribution in [1.82, 2.24) is 5.32 Å². The molecule has 1 fully saturated rings. The summed E-state index contributed by atoms with van der Waals surface area (Å²) in [5.74, 6) is -3.13. The normalized spacial score (nSPS) is 21.6. The fourth-order valence-corrected chi connectivity index (χ4v) is 2.01. The fraction of sp³-hybridized carbons (Fsp3) is 0.364. The molecule has 0 saturated carbocycles. The van der Waals surface area contributed by atoms with Crippen LogP contribution in [0.5, 0.6) is 0 Å². The molecule has 7 heteroatoms. The third kappa shape index (κ3) is 2.84. The van der Waals surface area contributed by atoms with Crippen molar-refractivity contribution in [3.05, 3.63) is 34.3 Å². The van der Waals surface area contributed by atoms with Gasteiger partial charge in [-0.25, -0.2) is 13.6 Å². The van der Waals surface area contributed by atoms with Crippen molar-refractivity contribution in [2.24, 2.45) is 0 Å². The second kappa shape index (κ2) is 5.28. The Morgan fingerprint density at radius 3 is 2.78 bits per heavy atom. The largest absolute Gasteiger partial charge is 0.443 e. The van der Waals surface area contributed by atoms with Crippen molar-refractivity contribution in [2.45, 2.75) is 18.9 Å². The van der Waals surface area contributed by atoms with E-state index >= 15 is 0 Å². The highest BCUT2D eigenvalue weighted by Gasteiger charge is 2.47. The van der Waals surface area contributed by atoms with E-state index in [1.807, 2.05) is 0 Å². The summed E-state index contributed by atoms with van der Waals surface area (Å²) in [5, 5.41) is 2.59. The molecule has 1 saturated heterocycles. The molecular weight excluding hydrogens is 287 g/mol. The number of nitrogens with one attached hydrogen (secondary N) is 1. The zero-order valence-electron chi connectivity index (χ0n) is 9.38. The molecule has 1 N–H and O–H groups in total. The Morgan fingerprint density at radius 1 is 1.50 bits per heavy atom. The monoisotopic (exact) mass is 297 g/mol. The molecule has 1 aromatic carbocycles. The topological polar surface area (TPSA) is 38.3 Å². The van der Waals surface area contributed by atoms with E-state index in [1.165, 1.54) is 12.1 Å². The van der Waals surface area contributed by atoms with Gasteiger partial charge < -0.3 is 10.1 Å². The minimum Gasteiger partial charge on any atom is -0.443 e. The Balaban J connectivity index is 0.00000162. The first-order valence-electron chi connectivity index (χ1n) is 4.97. The summed E-state index contributed by atoms with van der Waals surface area (Å²) in [7, 11) is 0. The van der Waals surface area contributed by atoms with E-state index in [2.05, 4.69) is 10.1 Å². The highest BCUT2D eigenvalue weighted by Crippen LogP contribution is 2.36. The number of aryl methyl sites for hydroxylation is 1. The molecule has 100 valence electrons. The van der Waals surface area contributed by atoms with Gasteiger partial charge in [0.1, 0.15) is 6.04 Å². The first-order chi connectivity index (χ1) is 7.90. The van der Waals surface area contributed by atoms with E-state index in [1.54, 1.807) is 13.0 Å². The maximum Gasteiger partial charge on any atom is 0.408 e. The minimum absolute atomic E-state index is 0.